The largest absolute Gasteiger partial charge is 0.491 e. The maximum absolute atomic E-state index is 13.5. The lowest BCUT2D eigenvalue weighted by atomic mass is 10.2. The molecule has 0 bridgehead atoms. The fourth-order valence-electron chi connectivity index (χ4n) is 3.59. The van der Waals surface area contributed by atoms with Gasteiger partial charge in [-0.05, 0) is 62.7 Å². The highest BCUT2D eigenvalue weighted by Gasteiger charge is 2.23. The molecule has 1 aliphatic heterocycles. The molecule has 1 fully saturated rings. The van der Waals surface area contributed by atoms with Gasteiger partial charge in [0.15, 0.2) is 5.13 Å². The quantitative estimate of drug-likeness (QED) is 0.547. The number of morpholine rings is 1. The highest BCUT2D eigenvalue weighted by molar-refractivity contribution is 7.22. The second-order valence-electron chi connectivity index (χ2n) is 8.07. The maximum atomic E-state index is 13.5. The van der Waals surface area contributed by atoms with E-state index in [4.69, 9.17) is 14.5 Å². The van der Waals surface area contributed by atoms with Crippen LogP contribution in [0.25, 0.3) is 10.2 Å². The van der Waals surface area contributed by atoms with Crippen molar-refractivity contribution in [3.63, 3.8) is 0 Å². The van der Waals surface area contributed by atoms with Crippen LogP contribution in [0.3, 0.4) is 0 Å². The van der Waals surface area contributed by atoms with Crippen LogP contribution in [0.15, 0.2) is 42.5 Å². The Hall–Kier alpha value is -2.48. The number of ether oxygens (including phenoxy) is 2. The van der Waals surface area contributed by atoms with Crippen LogP contribution in [-0.2, 0) is 4.74 Å². The fraction of sp³-hybridized carbons (Fsp3) is 0.417. The van der Waals surface area contributed by atoms with Crippen molar-refractivity contribution in [2.24, 2.45) is 0 Å². The van der Waals surface area contributed by atoms with Gasteiger partial charge in [0.05, 0.1) is 29.5 Å². The van der Waals surface area contributed by atoms with E-state index in [2.05, 4.69) is 24.0 Å². The number of rotatable bonds is 7. The first kappa shape index (κ1) is 21.7. The van der Waals surface area contributed by atoms with Crippen molar-refractivity contribution in [3.05, 3.63) is 53.6 Å². The van der Waals surface area contributed by atoms with E-state index in [0.29, 0.717) is 12.1 Å². The van der Waals surface area contributed by atoms with Gasteiger partial charge < -0.3 is 9.47 Å². The maximum Gasteiger partial charge on any atom is 0.260 e. The molecule has 0 N–H and O–H groups in total. The van der Waals surface area contributed by atoms with Gasteiger partial charge in [0.2, 0.25) is 0 Å². The van der Waals surface area contributed by atoms with Gasteiger partial charge in [-0.1, -0.05) is 17.4 Å². The molecule has 1 aliphatic rings. The van der Waals surface area contributed by atoms with E-state index in [0.717, 1.165) is 53.9 Å². The molecular weight excluding hydrogens is 410 g/mol. The molecule has 0 atom stereocenters. The number of thiazole rings is 1. The van der Waals surface area contributed by atoms with Gasteiger partial charge in [-0.2, -0.15) is 0 Å². The lowest BCUT2D eigenvalue weighted by molar-refractivity contribution is 0.0391. The zero-order valence-electron chi connectivity index (χ0n) is 18.3. The number of amides is 1. The first-order valence-corrected chi connectivity index (χ1v) is 11.6. The topological polar surface area (TPSA) is 54.9 Å². The van der Waals surface area contributed by atoms with Crippen molar-refractivity contribution in [1.29, 1.82) is 0 Å². The normalized spacial score (nSPS) is 14.8. The second-order valence-corrected chi connectivity index (χ2v) is 9.08. The Morgan fingerprint density at radius 2 is 1.94 bits per heavy atom. The molecule has 0 unspecified atom stereocenters. The summed E-state index contributed by atoms with van der Waals surface area (Å²) in [5, 5.41) is 0.737. The lowest BCUT2D eigenvalue weighted by Gasteiger charge is -2.29. The number of fused-ring (bicyclic) bond motifs is 1. The third-order valence-corrected chi connectivity index (χ3v) is 6.27. The average Bonchev–Trinajstić information content (AvgIpc) is 3.17. The average molecular weight is 440 g/mol. The molecule has 1 aromatic heterocycles. The second kappa shape index (κ2) is 9.77. The van der Waals surface area contributed by atoms with Crippen LogP contribution in [0.1, 0.15) is 29.8 Å². The van der Waals surface area contributed by atoms with E-state index in [9.17, 15) is 4.79 Å². The van der Waals surface area contributed by atoms with E-state index in [-0.39, 0.29) is 12.0 Å². The minimum Gasteiger partial charge on any atom is -0.491 e. The summed E-state index contributed by atoms with van der Waals surface area (Å²) in [6.45, 7) is 10.7. The highest BCUT2D eigenvalue weighted by atomic mass is 32.1. The summed E-state index contributed by atoms with van der Waals surface area (Å²) in [6.07, 6.45) is 0.0952. The van der Waals surface area contributed by atoms with Crippen LogP contribution >= 0.6 is 11.3 Å². The number of carbonyl (C=O) groups is 1. The zero-order valence-corrected chi connectivity index (χ0v) is 19.2. The summed E-state index contributed by atoms with van der Waals surface area (Å²) < 4.78 is 12.3. The molecule has 0 radical (unpaired) electrons. The van der Waals surface area contributed by atoms with E-state index in [1.807, 2.05) is 49.1 Å². The van der Waals surface area contributed by atoms with Crippen LogP contribution in [0.5, 0.6) is 5.75 Å². The van der Waals surface area contributed by atoms with Gasteiger partial charge in [0.1, 0.15) is 5.75 Å². The molecule has 2 aromatic carbocycles. The van der Waals surface area contributed by atoms with Crippen molar-refractivity contribution in [1.82, 2.24) is 9.88 Å². The predicted molar refractivity (Wildman–Crippen MR) is 125 cm³/mol. The molecule has 1 amide bonds. The van der Waals surface area contributed by atoms with Crippen molar-refractivity contribution < 1.29 is 14.3 Å². The molecule has 2 heterocycles. The number of nitrogens with zero attached hydrogens (tertiary/aromatic N) is 3. The molecule has 1 saturated heterocycles. The molecule has 0 saturated carbocycles. The Labute approximate surface area is 187 Å². The number of aryl methyl sites for hydroxylation is 1. The Morgan fingerprint density at radius 3 is 2.65 bits per heavy atom. The molecule has 0 spiro atoms. The number of hydrogen-bond acceptors (Lipinski definition) is 6. The molecule has 0 aliphatic carbocycles. The smallest absolute Gasteiger partial charge is 0.260 e. The number of carbonyl (C=O) groups excluding carboxylic acids is 1. The molecule has 7 heteroatoms. The minimum atomic E-state index is -0.0415. The van der Waals surface area contributed by atoms with Crippen molar-refractivity contribution in [2.45, 2.75) is 26.9 Å². The third kappa shape index (κ3) is 5.42. The summed E-state index contributed by atoms with van der Waals surface area (Å²) >= 11 is 1.57. The van der Waals surface area contributed by atoms with Gasteiger partial charge >= 0.3 is 0 Å². The Morgan fingerprint density at radius 1 is 1.19 bits per heavy atom. The van der Waals surface area contributed by atoms with Gasteiger partial charge in [-0.3, -0.25) is 14.6 Å². The monoisotopic (exact) mass is 439 g/mol. The van der Waals surface area contributed by atoms with Crippen LogP contribution in [0.4, 0.5) is 5.13 Å². The molecule has 164 valence electrons. The van der Waals surface area contributed by atoms with Gasteiger partial charge in [0.25, 0.3) is 5.91 Å². The summed E-state index contributed by atoms with van der Waals surface area (Å²) in [5.41, 5.74) is 2.75. The summed E-state index contributed by atoms with van der Waals surface area (Å²) in [7, 11) is 0. The van der Waals surface area contributed by atoms with E-state index < -0.39 is 0 Å². The molecule has 6 nitrogen and oxygen atoms in total. The zero-order chi connectivity index (χ0) is 21.8. The van der Waals surface area contributed by atoms with Crippen LogP contribution in [0.2, 0.25) is 0 Å². The first-order chi connectivity index (χ1) is 15.0. The van der Waals surface area contributed by atoms with Gasteiger partial charge in [-0.15, -0.1) is 0 Å². The summed E-state index contributed by atoms with van der Waals surface area (Å²) in [6, 6.07) is 13.6. The molecule has 3 aromatic rings. The van der Waals surface area contributed by atoms with Crippen molar-refractivity contribution in [2.75, 3.05) is 44.3 Å². The Bertz CT molecular complexity index is 1030. The molecular formula is C24H29N3O3S. The number of anilines is 1. The number of aromatic nitrogens is 1. The van der Waals surface area contributed by atoms with Crippen LogP contribution in [0, 0.1) is 6.92 Å². The SMILES string of the molecule is Cc1ccc2nc(N(CCN3CCOCC3)C(=O)c3ccc(OC(C)C)cc3)sc2c1. The van der Waals surface area contributed by atoms with Gasteiger partial charge in [0, 0.05) is 31.7 Å². The Kier molecular flexibility index (Phi) is 6.85. The van der Waals surface area contributed by atoms with Crippen molar-refractivity contribution in [3.8, 4) is 5.75 Å². The fourth-order valence-corrected chi connectivity index (χ4v) is 4.68. The van der Waals surface area contributed by atoms with Gasteiger partial charge in [-0.25, -0.2) is 4.98 Å². The predicted octanol–water partition coefficient (Wildman–Crippen LogP) is 4.37. The molecule has 31 heavy (non-hydrogen) atoms. The Balaban J connectivity index is 1.59. The highest BCUT2D eigenvalue weighted by Crippen LogP contribution is 2.30. The number of benzene rings is 2. The lowest BCUT2D eigenvalue weighted by Crippen LogP contribution is -2.43. The van der Waals surface area contributed by atoms with Crippen molar-refractivity contribution >= 4 is 32.6 Å². The summed E-state index contributed by atoms with van der Waals surface area (Å²) in [5.74, 6) is 0.724. The number of hydrogen-bond donors (Lipinski definition) is 0. The van der Waals surface area contributed by atoms with E-state index >= 15 is 0 Å². The summed E-state index contributed by atoms with van der Waals surface area (Å²) in [4.78, 5) is 22.4. The minimum absolute atomic E-state index is 0.0415. The van der Waals surface area contributed by atoms with E-state index in [1.165, 1.54) is 5.56 Å². The first-order valence-electron chi connectivity index (χ1n) is 10.8. The molecule has 4 rings (SSSR count). The third-order valence-electron chi connectivity index (χ3n) is 5.23. The van der Waals surface area contributed by atoms with E-state index in [1.54, 1.807) is 11.3 Å². The standard InChI is InChI=1S/C24H29N3O3S/c1-17(2)30-20-7-5-19(6-8-20)23(28)27(11-10-26-12-14-29-15-13-26)24-25-21-9-4-18(3)16-22(21)31-24/h4-9,16-17H,10-15H2,1-3H3. The van der Waals surface area contributed by atoms with Crippen LogP contribution < -0.4 is 9.64 Å². The van der Waals surface area contributed by atoms with Crippen LogP contribution in [-0.4, -0.2) is 61.3 Å².